The van der Waals surface area contributed by atoms with Gasteiger partial charge in [-0.3, -0.25) is 24.1 Å². The molecule has 1 heterocycles. The van der Waals surface area contributed by atoms with Gasteiger partial charge < -0.3 is 9.47 Å². The van der Waals surface area contributed by atoms with Crippen molar-refractivity contribution in [3.8, 4) is 0 Å². The summed E-state index contributed by atoms with van der Waals surface area (Å²) in [7, 11) is 0. The van der Waals surface area contributed by atoms with Gasteiger partial charge in [-0.25, -0.2) is 0 Å². The molecule has 1 aromatic rings. The fourth-order valence-electron chi connectivity index (χ4n) is 5.72. The smallest absolute Gasteiger partial charge is 0.323 e. The number of imide groups is 1. The van der Waals surface area contributed by atoms with E-state index in [-0.39, 0.29) is 49.7 Å². The van der Waals surface area contributed by atoms with Gasteiger partial charge in [-0.2, -0.15) is 0 Å². The maximum Gasteiger partial charge on any atom is 0.323 e. The largest absolute Gasteiger partial charge is 0.465 e. The van der Waals surface area contributed by atoms with Crippen molar-refractivity contribution >= 4 is 45.4 Å². The number of anilines is 1. The summed E-state index contributed by atoms with van der Waals surface area (Å²) in [5.41, 5.74) is -0.0692. The van der Waals surface area contributed by atoms with Crippen LogP contribution in [0.1, 0.15) is 33.1 Å². The van der Waals surface area contributed by atoms with Gasteiger partial charge in [0.2, 0.25) is 11.8 Å². The molecule has 4 rings (SSSR count). The Balaban J connectivity index is 1.77. The SMILES string of the molecule is CCOC(=O)C1(C(=O)OCC)CC2=C[C@@H](CCBr)[C@H]3C(=O)N(c4ccccc4)C(=O)[C@H]3[C@H]2C1. The van der Waals surface area contributed by atoms with Crippen LogP contribution in [-0.4, -0.2) is 42.3 Å². The summed E-state index contributed by atoms with van der Waals surface area (Å²) in [6, 6.07) is 8.91. The lowest BCUT2D eigenvalue weighted by molar-refractivity contribution is -0.172. The van der Waals surface area contributed by atoms with Crippen molar-refractivity contribution in [1.29, 1.82) is 0 Å². The number of benzene rings is 1. The first-order valence-corrected chi connectivity index (χ1v) is 12.6. The van der Waals surface area contributed by atoms with Crippen LogP contribution in [0.5, 0.6) is 0 Å². The molecule has 1 aliphatic heterocycles. The standard InChI is InChI=1S/C25H28BrNO6/c1-3-32-23(30)25(24(31)33-4-2)13-16-12-15(10-11-26)19-20(18(16)14-25)22(29)27(21(19)28)17-8-6-5-7-9-17/h5-9,12,15,18-20H,3-4,10-11,13-14H2,1-2H3/t15-,18+,19-,20+/m1/s1. The average Bonchev–Trinajstić information content (AvgIpc) is 3.31. The molecule has 1 saturated carbocycles. The van der Waals surface area contributed by atoms with E-state index in [2.05, 4.69) is 15.9 Å². The van der Waals surface area contributed by atoms with Gasteiger partial charge in [0.25, 0.3) is 0 Å². The Hall–Kier alpha value is -2.48. The number of allylic oxidation sites excluding steroid dienone is 2. The number of hydrogen-bond donors (Lipinski definition) is 0. The number of fused-ring (bicyclic) bond motifs is 3. The number of para-hydroxylation sites is 1. The summed E-state index contributed by atoms with van der Waals surface area (Å²) < 4.78 is 10.6. The topological polar surface area (TPSA) is 90.0 Å². The second kappa shape index (κ2) is 9.41. The molecule has 0 spiro atoms. The minimum Gasteiger partial charge on any atom is -0.465 e. The molecule has 2 amide bonds. The number of rotatable bonds is 7. The minimum atomic E-state index is -1.49. The van der Waals surface area contributed by atoms with E-state index >= 15 is 0 Å². The first kappa shape index (κ1) is 23.7. The zero-order valence-electron chi connectivity index (χ0n) is 18.8. The van der Waals surface area contributed by atoms with Crippen LogP contribution in [0, 0.1) is 29.1 Å². The van der Waals surface area contributed by atoms with E-state index in [1.807, 2.05) is 12.1 Å². The molecule has 33 heavy (non-hydrogen) atoms. The second-order valence-corrected chi connectivity index (χ2v) is 9.59. The number of ether oxygens (including phenoxy) is 2. The summed E-state index contributed by atoms with van der Waals surface area (Å²) in [5.74, 6) is -3.42. The Morgan fingerprint density at radius 1 is 1.03 bits per heavy atom. The van der Waals surface area contributed by atoms with Crippen molar-refractivity contribution in [3.63, 3.8) is 0 Å². The van der Waals surface area contributed by atoms with Gasteiger partial charge in [-0.15, -0.1) is 0 Å². The molecule has 1 saturated heterocycles. The Labute approximate surface area is 201 Å². The van der Waals surface area contributed by atoms with E-state index in [0.29, 0.717) is 17.4 Å². The van der Waals surface area contributed by atoms with Gasteiger partial charge in [-0.1, -0.05) is 45.8 Å². The molecule has 0 bridgehead atoms. The van der Waals surface area contributed by atoms with Crippen molar-refractivity contribution in [2.24, 2.45) is 29.1 Å². The zero-order valence-corrected chi connectivity index (χ0v) is 20.4. The van der Waals surface area contributed by atoms with E-state index in [1.54, 1.807) is 38.1 Å². The fraction of sp³-hybridized carbons (Fsp3) is 0.520. The predicted molar refractivity (Wildman–Crippen MR) is 124 cm³/mol. The lowest BCUT2D eigenvalue weighted by atomic mass is 9.68. The van der Waals surface area contributed by atoms with Crippen molar-refractivity contribution in [1.82, 2.24) is 0 Å². The molecule has 1 aromatic carbocycles. The normalized spacial score (nSPS) is 27.6. The maximum absolute atomic E-state index is 13.7. The van der Waals surface area contributed by atoms with Crippen molar-refractivity contribution in [2.45, 2.75) is 33.1 Å². The second-order valence-electron chi connectivity index (χ2n) is 8.79. The molecule has 2 fully saturated rings. The minimum absolute atomic E-state index is 0.111. The summed E-state index contributed by atoms with van der Waals surface area (Å²) >= 11 is 3.47. The predicted octanol–water partition coefficient (Wildman–Crippen LogP) is 3.66. The molecule has 2 aliphatic carbocycles. The quantitative estimate of drug-likeness (QED) is 0.180. The number of carbonyl (C=O) groups is 4. The van der Waals surface area contributed by atoms with E-state index in [9.17, 15) is 19.2 Å². The summed E-state index contributed by atoms with van der Waals surface area (Å²) in [6.45, 7) is 3.66. The van der Waals surface area contributed by atoms with E-state index in [0.717, 1.165) is 5.57 Å². The number of hydrogen-bond acceptors (Lipinski definition) is 6. The highest BCUT2D eigenvalue weighted by atomic mass is 79.9. The first-order valence-electron chi connectivity index (χ1n) is 11.4. The molecule has 0 unspecified atom stereocenters. The van der Waals surface area contributed by atoms with Crippen LogP contribution in [0.3, 0.4) is 0 Å². The van der Waals surface area contributed by atoms with Crippen LogP contribution in [-0.2, 0) is 28.7 Å². The molecular weight excluding hydrogens is 490 g/mol. The lowest BCUT2D eigenvalue weighted by Gasteiger charge is -2.33. The van der Waals surface area contributed by atoms with E-state index in [4.69, 9.17) is 9.47 Å². The van der Waals surface area contributed by atoms with Crippen LogP contribution >= 0.6 is 15.9 Å². The van der Waals surface area contributed by atoms with Crippen LogP contribution < -0.4 is 4.90 Å². The summed E-state index contributed by atoms with van der Waals surface area (Å²) in [6.07, 6.45) is 2.96. The zero-order chi connectivity index (χ0) is 23.8. The molecule has 0 aromatic heterocycles. The molecule has 7 nitrogen and oxygen atoms in total. The Morgan fingerprint density at radius 3 is 2.21 bits per heavy atom. The molecule has 8 heteroatoms. The van der Waals surface area contributed by atoms with Gasteiger partial charge in [0.1, 0.15) is 0 Å². The van der Waals surface area contributed by atoms with Crippen molar-refractivity contribution < 1.29 is 28.7 Å². The van der Waals surface area contributed by atoms with Gasteiger partial charge in [0, 0.05) is 5.33 Å². The molecule has 176 valence electrons. The average molecular weight is 518 g/mol. The summed E-state index contributed by atoms with van der Waals surface area (Å²) in [5, 5.41) is 0.670. The number of carbonyl (C=O) groups excluding carboxylic acids is 4. The van der Waals surface area contributed by atoms with Gasteiger partial charge in [0.05, 0.1) is 30.7 Å². The third kappa shape index (κ3) is 3.82. The Morgan fingerprint density at radius 2 is 1.64 bits per heavy atom. The third-order valence-corrected chi connectivity index (χ3v) is 7.52. The van der Waals surface area contributed by atoms with E-state index < -0.39 is 29.2 Å². The summed E-state index contributed by atoms with van der Waals surface area (Å²) in [4.78, 5) is 54.6. The van der Waals surface area contributed by atoms with Gasteiger partial charge in [0.15, 0.2) is 5.41 Å². The molecular formula is C25H28BrNO6. The Kier molecular flexibility index (Phi) is 6.75. The number of nitrogens with zero attached hydrogens (tertiary/aromatic N) is 1. The van der Waals surface area contributed by atoms with Gasteiger partial charge >= 0.3 is 11.9 Å². The third-order valence-electron chi connectivity index (χ3n) is 7.06. The first-order chi connectivity index (χ1) is 15.9. The van der Waals surface area contributed by atoms with Crippen molar-refractivity contribution in [3.05, 3.63) is 42.0 Å². The van der Waals surface area contributed by atoms with E-state index in [1.165, 1.54) is 4.90 Å². The lowest BCUT2D eigenvalue weighted by Crippen LogP contribution is -2.41. The molecule has 4 atom stereocenters. The maximum atomic E-state index is 13.7. The molecule has 3 aliphatic rings. The fourth-order valence-corrected chi connectivity index (χ4v) is 6.24. The van der Waals surface area contributed by atoms with Crippen LogP contribution in [0.25, 0.3) is 0 Å². The highest BCUT2D eigenvalue weighted by molar-refractivity contribution is 9.09. The molecule has 0 radical (unpaired) electrons. The van der Waals surface area contributed by atoms with Crippen molar-refractivity contribution in [2.75, 3.05) is 23.4 Å². The number of esters is 2. The highest BCUT2D eigenvalue weighted by Crippen LogP contribution is 2.57. The number of halogens is 1. The van der Waals surface area contributed by atoms with Gasteiger partial charge in [-0.05, 0) is 57.1 Å². The van der Waals surface area contributed by atoms with Crippen LogP contribution in [0.15, 0.2) is 42.0 Å². The van der Waals surface area contributed by atoms with Crippen LogP contribution in [0.2, 0.25) is 0 Å². The highest BCUT2D eigenvalue weighted by Gasteiger charge is 2.64. The van der Waals surface area contributed by atoms with Crippen LogP contribution in [0.4, 0.5) is 5.69 Å². The molecule has 0 N–H and O–H groups in total. The Bertz CT molecular complexity index is 972. The number of amides is 2. The number of alkyl halides is 1. The monoisotopic (exact) mass is 517 g/mol.